The highest BCUT2D eigenvalue weighted by Gasteiger charge is 2.13. The molecule has 3 heterocycles. The molecule has 0 aliphatic carbocycles. The largest absolute Gasteiger partial charge is 0.324 e. The Morgan fingerprint density at radius 1 is 1.17 bits per heavy atom. The van der Waals surface area contributed by atoms with Gasteiger partial charge in [0.1, 0.15) is 6.33 Å². The van der Waals surface area contributed by atoms with E-state index in [1.807, 2.05) is 41.8 Å². The van der Waals surface area contributed by atoms with Crippen LogP contribution in [0.15, 0.2) is 54.3 Å². The van der Waals surface area contributed by atoms with Crippen LogP contribution < -0.4 is 5.32 Å². The van der Waals surface area contributed by atoms with Crippen molar-refractivity contribution in [3.05, 3.63) is 59.9 Å². The van der Waals surface area contributed by atoms with Gasteiger partial charge in [-0.3, -0.25) is 14.9 Å². The van der Waals surface area contributed by atoms with E-state index in [1.54, 1.807) is 6.20 Å². The van der Waals surface area contributed by atoms with E-state index in [0.717, 1.165) is 27.0 Å². The normalized spacial score (nSPS) is 10.8. The Balaban J connectivity index is 1.57. The molecule has 0 saturated heterocycles. The standard InChI is InChI=1S/C17H13N5OS/c23-15(9-11-3-1-5-13-12(11)4-2-7-18-13)21-14-6-8-24-16(14)17-19-10-20-22-17/h1-8,10H,9H2,(H,21,23)(H,19,20,22). The summed E-state index contributed by atoms with van der Waals surface area (Å²) in [6, 6.07) is 11.5. The Hall–Kier alpha value is -3.06. The minimum absolute atomic E-state index is 0.0782. The zero-order valence-electron chi connectivity index (χ0n) is 12.6. The Morgan fingerprint density at radius 3 is 3.00 bits per heavy atom. The van der Waals surface area contributed by atoms with Gasteiger partial charge < -0.3 is 5.32 Å². The molecule has 118 valence electrons. The van der Waals surface area contributed by atoms with Gasteiger partial charge in [0.05, 0.1) is 22.5 Å². The lowest BCUT2D eigenvalue weighted by Crippen LogP contribution is -2.14. The van der Waals surface area contributed by atoms with Crippen molar-refractivity contribution < 1.29 is 4.79 Å². The molecule has 0 bridgehead atoms. The van der Waals surface area contributed by atoms with Crippen molar-refractivity contribution in [1.29, 1.82) is 0 Å². The predicted molar refractivity (Wildman–Crippen MR) is 93.8 cm³/mol. The number of fused-ring (bicyclic) bond motifs is 1. The number of thiophene rings is 1. The van der Waals surface area contributed by atoms with E-state index in [9.17, 15) is 4.79 Å². The molecule has 0 atom stereocenters. The Morgan fingerprint density at radius 2 is 2.12 bits per heavy atom. The van der Waals surface area contributed by atoms with Gasteiger partial charge in [-0.1, -0.05) is 18.2 Å². The van der Waals surface area contributed by atoms with Gasteiger partial charge in [0.2, 0.25) is 5.91 Å². The van der Waals surface area contributed by atoms with Crippen LogP contribution in [0.1, 0.15) is 5.56 Å². The maximum absolute atomic E-state index is 12.5. The quantitative estimate of drug-likeness (QED) is 0.599. The lowest BCUT2D eigenvalue weighted by Gasteiger charge is -2.07. The molecule has 0 fully saturated rings. The summed E-state index contributed by atoms with van der Waals surface area (Å²) in [6.45, 7) is 0. The summed E-state index contributed by atoms with van der Waals surface area (Å²) in [5, 5.41) is 12.5. The third-order valence-electron chi connectivity index (χ3n) is 3.66. The highest BCUT2D eigenvalue weighted by Crippen LogP contribution is 2.31. The van der Waals surface area contributed by atoms with E-state index in [-0.39, 0.29) is 12.3 Å². The predicted octanol–water partition coefficient (Wildman–Crippen LogP) is 3.26. The van der Waals surface area contributed by atoms with Gasteiger partial charge in [0, 0.05) is 11.6 Å². The number of pyridine rings is 1. The molecule has 3 aromatic heterocycles. The van der Waals surface area contributed by atoms with Gasteiger partial charge >= 0.3 is 0 Å². The van der Waals surface area contributed by atoms with Gasteiger partial charge in [-0.05, 0) is 29.1 Å². The molecule has 4 aromatic rings. The van der Waals surface area contributed by atoms with Gasteiger partial charge in [0.15, 0.2) is 5.82 Å². The van der Waals surface area contributed by atoms with Gasteiger partial charge in [-0.15, -0.1) is 11.3 Å². The Labute approximate surface area is 141 Å². The second kappa shape index (κ2) is 6.21. The van der Waals surface area contributed by atoms with Crippen LogP contribution in [0.5, 0.6) is 0 Å². The molecule has 0 aliphatic heterocycles. The van der Waals surface area contributed by atoms with Crippen molar-refractivity contribution in [2.75, 3.05) is 5.32 Å². The molecule has 1 aromatic carbocycles. The lowest BCUT2D eigenvalue weighted by atomic mass is 10.1. The first-order chi connectivity index (χ1) is 11.8. The smallest absolute Gasteiger partial charge is 0.228 e. The fourth-order valence-corrected chi connectivity index (χ4v) is 3.39. The van der Waals surface area contributed by atoms with E-state index in [0.29, 0.717) is 5.82 Å². The number of H-pyrrole nitrogens is 1. The molecule has 0 unspecified atom stereocenters. The molecule has 0 radical (unpaired) electrons. The maximum atomic E-state index is 12.5. The topological polar surface area (TPSA) is 83.6 Å². The number of hydrogen-bond acceptors (Lipinski definition) is 5. The van der Waals surface area contributed by atoms with Crippen molar-refractivity contribution in [1.82, 2.24) is 20.2 Å². The van der Waals surface area contributed by atoms with Crippen LogP contribution in [0.25, 0.3) is 21.6 Å². The number of amides is 1. The summed E-state index contributed by atoms with van der Waals surface area (Å²) in [7, 11) is 0. The summed E-state index contributed by atoms with van der Waals surface area (Å²) in [4.78, 5) is 21.8. The number of nitrogens with zero attached hydrogens (tertiary/aromatic N) is 3. The Bertz CT molecular complexity index is 988. The lowest BCUT2D eigenvalue weighted by molar-refractivity contribution is -0.115. The van der Waals surface area contributed by atoms with Crippen molar-refractivity contribution >= 4 is 33.8 Å². The van der Waals surface area contributed by atoms with Crippen molar-refractivity contribution in [2.45, 2.75) is 6.42 Å². The third kappa shape index (κ3) is 2.77. The van der Waals surface area contributed by atoms with Crippen molar-refractivity contribution in [3.63, 3.8) is 0 Å². The second-order valence-electron chi connectivity index (χ2n) is 5.21. The number of carbonyl (C=O) groups excluding carboxylic acids is 1. The van der Waals surface area contributed by atoms with Crippen LogP contribution in [-0.4, -0.2) is 26.1 Å². The summed E-state index contributed by atoms with van der Waals surface area (Å²) in [5.41, 5.74) is 2.58. The highest BCUT2D eigenvalue weighted by molar-refractivity contribution is 7.14. The highest BCUT2D eigenvalue weighted by atomic mass is 32.1. The number of aromatic nitrogens is 4. The molecule has 24 heavy (non-hydrogen) atoms. The number of nitrogens with one attached hydrogen (secondary N) is 2. The first-order valence-electron chi connectivity index (χ1n) is 7.37. The summed E-state index contributed by atoms with van der Waals surface area (Å²) in [5.74, 6) is 0.570. The Kier molecular flexibility index (Phi) is 3.76. The minimum atomic E-state index is -0.0782. The molecule has 0 spiro atoms. The van der Waals surface area contributed by atoms with Crippen molar-refractivity contribution in [2.24, 2.45) is 0 Å². The molecule has 0 saturated carbocycles. The first-order valence-corrected chi connectivity index (χ1v) is 8.25. The summed E-state index contributed by atoms with van der Waals surface area (Å²) < 4.78 is 0. The van der Waals surface area contributed by atoms with Gasteiger partial charge in [0.25, 0.3) is 0 Å². The van der Waals surface area contributed by atoms with Crippen LogP contribution in [-0.2, 0) is 11.2 Å². The number of anilines is 1. The molecule has 7 heteroatoms. The number of hydrogen-bond donors (Lipinski definition) is 2. The van der Waals surface area contributed by atoms with E-state index in [1.165, 1.54) is 17.7 Å². The number of rotatable bonds is 4. The molecule has 4 rings (SSSR count). The zero-order valence-corrected chi connectivity index (χ0v) is 13.4. The van der Waals surface area contributed by atoms with Crippen LogP contribution in [0.3, 0.4) is 0 Å². The van der Waals surface area contributed by atoms with E-state index >= 15 is 0 Å². The second-order valence-corrected chi connectivity index (χ2v) is 6.13. The average Bonchev–Trinajstić information content (AvgIpc) is 3.26. The van der Waals surface area contributed by atoms with Crippen LogP contribution in [0.2, 0.25) is 0 Å². The zero-order chi connectivity index (χ0) is 16.4. The number of benzene rings is 1. The minimum Gasteiger partial charge on any atom is -0.324 e. The number of aromatic amines is 1. The van der Waals surface area contributed by atoms with Gasteiger partial charge in [-0.2, -0.15) is 5.10 Å². The maximum Gasteiger partial charge on any atom is 0.228 e. The molecular weight excluding hydrogens is 322 g/mol. The monoisotopic (exact) mass is 335 g/mol. The van der Waals surface area contributed by atoms with Crippen LogP contribution in [0.4, 0.5) is 5.69 Å². The third-order valence-corrected chi connectivity index (χ3v) is 4.58. The van der Waals surface area contributed by atoms with Crippen LogP contribution >= 0.6 is 11.3 Å². The first kappa shape index (κ1) is 14.5. The molecule has 2 N–H and O–H groups in total. The molecular formula is C17H13N5OS. The molecule has 0 aliphatic rings. The number of carbonyl (C=O) groups is 1. The fraction of sp³-hybridized carbons (Fsp3) is 0.0588. The van der Waals surface area contributed by atoms with Gasteiger partial charge in [-0.25, -0.2) is 4.98 Å². The summed E-state index contributed by atoms with van der Waals surface area (Å²) >= 11 is 1.50. The van der Waals surface area contributed by atoms with Crippen LogP contribution in [0, 0.1) is 0 Å². The van der Waals surface area contributed by atoms with E-state index in [2.05, 4.69) is 25.5 Å². The summed E-state index contributed by atoms with van der Waals surface area (Å²) in [6.07, 6.45) is 3.49. The SMILES string of the molecule is O=C(Cc1cccc2ncccc12)Nc1ccsc1-c1ncn[nH]1. The molecule has 6 nitrogen and oxygen atoms in total. The van der Waals surface area contributed by atoms with E-state index in [4.69, 9.17) is 0 Å². The average molecular weight is 335 g/mol. The van der Waals surface area contributed by atoms with Crippen molar-refractivity contribution in [3.8, 4) is 10.7 Å². The fourth-order valence-electron chi connectivity index (χ4n) is 2.59. The molecule has 1 amide bonds. The van der Waals surface area contributed by atoms with E-state index < -0.39 is 0 Å².